The van der Waals surface area contributed by atoms with Crippen LogP contribution in [0.4, 0.5) is 11.4 Å². The molecular formula is C25H31N6O2S+. The first kappa shape index (κ1) is 23.8. The number of nitrogens with zero attached hydrogens (tertiary/aromatic N) is 4. The number of carbonyl (C=O) groups excluding carboxylic acids is 2. The summed E-state index contributed by atoms with van der Waals surface area (Å²) in [4.78, 5) is 33.5. The van der Waals surface area contributed by atoms with Gasteiger partial charge in [-0.1, -0.05) is 39.0 Å². The predicted molar refractivity (Wildman–Crippen MR) is 134 cm³/mol. The molecule has 1 fully saturated rings. The number of aromatic nitrogens is 3. The minimum absolute atomic E-state index is 0.0883. The number of carbonyl (C=O) groups is 2. The standard InChI is InChI=1S/C25H30N6O2S/c1-25(2,3)23(33)30-15-13-29(14-16-30)20-11-9-19(10-12-20)28-22(32)17-34-24-26-18-27-31(24)21-7-5-4-6-8-21/h4-12,18H,13-17H2,1-3H3,(H,28,32)/p+1. The summed E-state index contributed by atoms with van der Waals surface area (Å²) in [6.45, 7) is 8.93. The van der Waals surface area contributed by atoms with Crippen LogP contribution in [0.25, 0.3) is 5.69 Å². The first-order valence-corrected chi connectivity index (χ1v) is 12.4. The fourth-order valence-electron chi connectivity index (χ4n) is 3.84. The van der Waals surface area contributed by atoms with Gasteiger partial charge in [-0.25, -0.2) is 0 Å². The molecule has 0 unspecified atom stereocenters. The molecule has 0 bridgehead atoms. The van der Waals surface area contributed by atoms with E-state index < -0.39 is 0 Å². The number of thioether (sulfide) groups is 1. The van der Waals surface area contributed by atoms with Crippen molar-refractivity contribution in [2.75, 3.05) is 42.1 Å². The van der Waals surface area contributed by atoms with E-state index in [4.69, 9.17) is 0 Å². The molecule has 2 heterocycles. The van der Waals surface area contributed by atoms with E-state index in [-0.39, 0.29) is 23.0 Å². The maximum absolute atomic E-state index is 12.5. The second-order valence-corrected chi connectivity index (χ2v) is 10.2. The summed E-state index contributed by atoms with van der Waals surface area (Å²) in [5, 5.41) is 6.75. The molecule has 0 aliphatic carbocycles. The zero-order valence-corrected chi connectivity index (χ0v) is 20.6. The van der Waals surface area contributed by atoms with Gasteiger partial charge in [0.05, 0.1) is 5.75 Å². The highest BCUT2D eigenvalue weighted by Crippen LogP contribution is 2.23. The molecule has 2 N–H and O–H groups in total. The maximum atomic E-state index is 12.5. The van der Waals surface area contributed by atoms with Gasteiger partial charge in [-0.05, 0) is 53.1 Å². The number of amides is 2. The van der Waals surface area contributed by atoms with Crippen LogP contribution >= 0.6 is 11.8 Å². The Labute approximate surface area is 204 Å². The highest BCUT2D eigenvalue weighted by Gasteiger charge is 2.29. The van der Waals surface area contributed by atoms with Gasteiger partial charge in [0.25, 0.3) is 0 Å². The molecule has 34 heavy (non-hydrogen) atoms. The van der Waals surface area contributed by atoms with Crippen LogP contribution in [0, 0.1) is 5.41 Å². The molecule has 1 aliphatic rings. The van der Waals surface area contributed by atoms with E-state index in [0.717, 1.165) is 48.4 Å². The van der Waals surface area contributed by atoms with Crippen LogP contribution < -0.4 is 14.9 Å². The molecule has 3 aromatic rings. The summed E-state index contributed by atoms with van der Waals surface area (Å²) >= 11 is 1.37. The Hall–Kier alpha value is -3.33. The summed E-state index contributed by atoms with van der Waals surface area (Å²) in [5.41, 5.74) is 2.46. The Kier molecular flexibility index (Phi) is 7.21. The molecule has 0 atom stereocenters. The van der Waals surface area contributed by atoms with E-state index in [1.54, 1.807) is 6.33 Å². The van der Waals surface area contributed by atoms with Crippen molar-refractivity contribution in [3.05, 3.63) is 60.9 Å². The Balaban J connectivity index is 1.27. The van der Waals surface area contributed by atoms with Crippen LogP contribution in [0.3, 0.4) is 0 Å². The highest BCUT2D eigenvalue weighted by molar-refractivity contribution is 7.99. The number of anilines is 2. The predicted octanol–water partition coefficient (Wildman–Crippen LogP) is 3.11. The van der Waals surface area contributed by atoms with Gasteiger partial charge in [0, 0.05) is 43.0 Å². The number of aromatic amines is 1. The summed E-state index contributed by atoms with van der Waals surface area (Å²) < 4.78 is 1.85. The van der Waals surface area contributed by atoms with Crippen molar-refractivity contribution < 1.29 is 14.3 Å². The maximum Gasteiger partial charge on any atom is 0.385 e. The lowest BCUT2D eigenvalue weighted by molar-refractivity contribution is -0.694. The number of nitrogens with one attached hydrogen (secondary N) is 2. The first-order valence-electron chi connectivity index (χ1n) is 11.4. The fourth-order valence-corrected chi connectivity index (χ4v) is 4.59. The summed E-state index contributed by atoms with van der Waals surface area (Å²) in [5.74, 6) is 0.366. The second kappa shape index (κ2) is 10.3. The Morgan fingerprint density at radius 1 is 1.03 bits per heavy atom. The van der Waals surface area contributed by atoms with Gasteiger partial charge in [-0.2, -0.15) is 5.10 Å². The van der Waals surface area contributed by atoms with Crippen LogP contribution in [-0.2, 0) is 9.59 Å². The summed E-state index contributed by atoms with van der Waals surface area (Å²) in [7, 11) is 0. The number of piperazine rings is 1. The Morgan fingerprint density at radius 2 is 1.71 bits per heavy atom. The molecule has 0 spiro atoms. The monoisotopic (exact) mass is 479 g/mol. The third kappa shape index (κ3) is 5.77. The van der Waals surface area contributed by atoms with Gasteiger partial charge in [0.2, 0.25) is 18.1 Å². The molecule has 2 aromatic carbocycles. The van der Waals surface area contributed by atoms with Gasteiger partial charge >= 0.3 is 5.16 Å². The van der Waals surface area contributed by atoms with Gasteiger partial charge in [-0.3, -0.25) is 9.59 Å². The lowest BCUT2D eigenvalue weighted by Gasteiger charge is -2.38. The van der Waals surface area contributed by atoms with Crippen LogP contribution in [0.1, 0.15) is 20.8 Å². The zero-order valence-electron chi connectivity index (χ0n) is 19.8. The van der Waals surface area contributed by atoms with Crippen molar-refractivity contribution in [3.8, 4) is 5.69 Å². The zero-order chi connectivity index (χ0) is 24.1. The fraction of sp³-hybridized carbons (Fsp3) is 0.360. The van der Waals surface area contributed by atoms with E-state index in [9.17, 15) is 9.59 Å². The van der Waals surface area contributed by atoms with Crippen molar-refractivity contribution >= 4 is 35.0 Å². The molecular weight excluding hydrogens is 448 g/mol. The number of hydrogen-bond acceptors (Lipinski definition) is 5. The van der Waals surface area contributed by atoms with E-state index >= 15 is 0 Å². The molecule has 0 radical (unpaired) electrons. The van der Waals surface area contributed by atoms with Gasteiger partial charge in [0.1, 0.15) is 0 Å². The first-order chi connectivity index (χ1) is 16.3. The summed E-state index contributed by atoms with van der Waals surface area (Å²) in [6.07, 6.45) is 1.62. The number of benzene rings is 2. The van der Waals surface area contributed by atoms with E-state index in [1.165, 1.54) is 11.8 Å². The van der Waals surface area contributed by atoms with Crippen molar-refractivity contribution in [2.45, 2.75) is 25.9 Å². The SMILES string of the molecule is CC(C)(C)C(=O)N1CCN(c2ccc(NC(=O)CSc3nc[nH][n+]3-c3ccccc3)cc2)CC1. The molecule has 9 heteroatoms. The smallest absolute Gasteiger partial charge is 0.368 e. The molecule has 1 saturated heterocycles. The van der Waals surface area contributed by atoms with Gasteiger partial charge in [-0.15, -0.1) is 4.68 Å². The molecule has 8 nitrogen and oxygen atoms in total. The number of hydrogen-bond donors (Lipinski definition) is 2. The second-order valence-electron chi connectivity index (χ2n) is 9.25. The number of rotatable bonds is 6. The molecule has 1 aliphatic heterocycles. The van der Waals surface area contributed by atoms with Crippen LogP contribution in [-0.4, -0.2) is 58.7 Å². The van der Waals surface area contributed by atoms with Crippen LogP contribution in [0.5, 0.6) is 0 Å². The Morgan fingerprint density at radius 3 is 2.35 bits per heavy atom. The van der Waals surface area contributed by atoms with Crippen molar-refractivity contribution in [2.24, 2.45) is 5.41 Å². The van der Waals surface area contributed by atoms with E-state index in [1.807, 2.05) is 85.0 Å². The molecule has 2 amide bonds. The minimum atomic E-state index is -0.348. The average molecular weight is 480 g/mol. The minimum Gasteiger partial charge on any atom is -0.368 e. The van der Waals surface area contributed by atoms with Crippen molar-refractivity contribution in [3.63, 3.8) is 0 Å². The highest BCUT2D eigenvalue weighted by atomic mass is 32.2. The largest absolute Gasteiger partial charge is 0.385 e. The molecule has 1 aromatic heterocycles. The molecule has 178 valence electrons. The lowest BCUT2D eigenvalue weighted by atomic mass is 9.94. The van der Waals surface area contributed by atoms with Crippen molar-refractivity contribution in [1.29, 1.82) is 0 Å². The van der Waals surface area contributed by atoms with E-state index in [2.05, 4.69) is 20.3 Å². The quantitative estimate of drug-likeness (QED) is 0.419. The third-order valence-corrected chi connectivity index (χ3v) is 6.58. The summed E-state index contributed by atoms with van der Waals surface area (Å²) in [6, 6.07) is 17.7. The Bertz CT molecular complexity index is 1120. The number of para-hydroxylation sites is 1. The number of H-pyrrole nitrogens is 1. The van der Waals surface area contributed by atoms with Gasteiger partial charge < -0.3 is 15.1 Å². The van der Waals surface area contributed by atoms with Crippen LogP contribution in [0.2, 0.25) is 0 Å². The molecule has 0 saturated carbocycles. The van der Waals surface area contributed by atoms with Gasteiger partial charge in [0.15, 0.2) is 5.69 Å². The van der Waals surface area contributed by atoms with E-state index in [0.29, 0.717) is 0 Å². The third-order valence-electron chi connectivity index (χ3n) is 5.62. The van der Waals surface area contributed by atoms with Crippen LogP contribution in [0.15, 0.2) is 66.1 Å². The average Bonchev–Trinajstić information content (AvgIpc) is 3.32. The lowest BCUT2D eigenvalue weighted by Crippen LogP contribution is -2.51. The van der Waals surface area contributed by atoms with Crippen molar-refractivity contribution in [1.82, 2.24) is 15.0 Å². The topological polar surface area (TPSA) is 85.2 Å². The molecule has 4 rings (SSSR count). The normalized spacial score (nSPS) is 14.2.